The Hall–Kier alpha value is -5.26. The highest BCUT2D eigenvalue weighted by atomic mass is 16.6. The monoisotopic (exact) mass is 802 g/mol. The second-order valence-corrected chi connectivity index (χ2v) is 15.8. The first-order valence-corrected chi connectivity index (χ1v) is 20.4. The van der Waals surface area contributed by atoms with Gasteiger partial charge in [-0.1, -0.05) is 101 Å². The minimum Gasteiger partial charge on any atom is -0.458 e. The van der Waals surface area contributed by atoms with Crippen LogP contribution in [0.15, 0.2) is 96.3 Å². The molecule has 0 unspecified atom stereocenters. The number of Topliss-reactive ketones (excluding diaryl/α,β-unsaturated/α-hetero) is 1. The summed E-state index contributed by atoms with van der Waals surface area (Å²) in [6.07, 6.45) is 24.9. The van der Waals surface area contributed by atoms with Crippen LogP contribution in [0.3, 0.4) is 0 Å². The van der Waals surface area contributed by atoms with Crippen molar-refractivity contribution in [1.82, 2.24) is 20.9 Å². The zero-order valence-electron chi connectivity index (χ0n) is 35.6. The fraction of sp³-hybridized carbons (Fsp3) is 0.522. The molecule has 0 aromatic rings. The highest BCUT2D eigenvalue weighted by Gasteiger charge is 2.31. The third kappa shape index (κ3) is 19.3. The van der Waals surface area contributed by atoms with Crippen LogP contribution in [0.4, 0.5) is 4.79 Å². The van der Waals surface area contributed by atoms with Crippen LogP contribution in [-0.2, 0) is 33.4 Å². The third-order valence-corrected chi connectivity index (χ3v) is 9.60. The molecule has 12 heteroatoms. The summed E-state index contributed by atoms with van der Waals surface area (Å²) in [6, 6.07) is -0.723. The van der Waals surface area contributed by atoms with Crippen LogP contribution in [0.1, 0.15) is 106 Å². The molecule has 0 bridgehead atoms. The number of hydrogen-bond donors (Lipinski definition) is 3. The van der Waals surface area contributed by atoms with Crippen molar-refractivity contribution in [2.24, 2.45) is 11.3 Å². The lowest BCUT2D eigenvalue weighted by Crippen LogP contribution is -2.48. The van der Waals surface area contributed by atoms with Crippen molar-refractivity contribution in [3.8, 4) is 0 Å². The molecule has 0 radical (unpaired) electrons. The van der Waals surface area contributed by atoms with Crippen molar-refractivity contribution in [1.29, 1.82) is 0 Å². The summed E-state index contributed by atoms with van der Waals surface area (Å²) in [5, 5.41) is 8.45. The van der Waals surface area contributed by atoms with Gasteiger partial charge in [-0.25, -0.2) is 9.59 Å². The quantitative estimate of drug-likeness (QED) is 0.0299. The summed E-state index contributed by atoms with van der Waals surface area (Å²) >= 11 is 0. The number of allylic oxidation sites excluding steroid dienone is 7. The molecule has 58 heavy (non-hydrogen) atoms. The molecule has 4 amide bonds. The maximum Gasteiger partial charge on any atom is 0.407 e. The molecule has 2 heterocycles. The number of carbonyl (C=O) groups excluding carboxylic acids is 6. The Kier molecular flexibility index (Phi) is 21.8. The van der Waals surface area contributed by atoms with E-state index in [1.54, 1.807) is 36.1 Å². The number of nitrogens with one attached hydrogen (secondary N) is 3. The third-order valence-electron chi connectivity index (χ3n) is 9.60. The fourth-order valence-corrected chi connectivity index (χ4v) is 6.18. The van der Waals surface area contributed by atoms with E-state index in [1.165, 1.54) is 12.2 Å². The molecule has 0 fully saturated rings. The number of hydrogen-bond acceptors (Lipinski definition) is 8. The lowest BCUT2D eigenvalue weighted by atomic mass is 9.83. The average molecular weight is 803 g/mol. The van der Waals surface area contributed by atoms with Gasteiger partial charge < -0.3 is 30.3 Å². The van der Waals surface area contributed by atoms with Crippen molar-refractivity contribution in [2.45, 2.75) is 125 Å². The zero-order chi connectivity index (χ0) is 43.1. The van der Waals surface area contributed by atoms with E-state index in [0.717, 1.165) is 24.8 Å². The minimum absolute atomic E-state index is 0.0288. The molecule has 318 valence electrons. The number of unbranched alkanes of at least 4 members (excludes halogenated alkanes) is 2. The molecule has 0 aliphatic carbocycles. The Morgan fingerprint density at radius 2 is 1.69 bits per heavy atom. The summed E-state index contributed by atoms with van der Waals surface area (Å²) in [6.45, 7) is 18.5. The molecule has 2 rings (SSSR count). The molecular weight excluding hydrogens is 737 g/mol. The number of nitrogens with zero attached hydrogens (tertiary/aromatic N) is 1. The maximum absolute atomic E-state index is 13.3. The molecule has 0 spiro atoms. The molecule has 2 aliphatic heterocycles. The molecule has 4 atom stereocenters. The molecule has 2 aliphatic rings. The SMILES string of the molecule is C=C1C=CC(=O)N1CCCCCC(=O)NCCCNC(=O)O[C@@H](C/C=C\C)C/C=C\CC(=O)[C@@H](NC(=O)\C=C/C=C\C(C)=C\[C@H](C)[C@@H]1CC=C(C)C(=O)O1)C(C)(C)C. The van der Waals surface area contributed by atoms with Crippen molar-refractivity contribution >= 4 is 35.6 Å². The number of esters is 1. The van der Waals surface area contributed by atoms with Crippen LogP contribution in [0.25, 0.3) is 0 Å². The van der Waals surface area contributed by atoms with Crippen LogP contribution in [0.5, 0.6) is 0 Å². The number of amides is 4. The Morgan fingerprint density at radius 1 is 0.983 bits per heavy atom. The Morgan fingerprint density at radius 3 is 2.36 bits per heavy atom. The van der Waals surface area contributed by atoms with Gasteiger partial charge in [0.15, 0.2) is 5.78 Å². The number of alkyl carbamates (subject to hydrolysis) is 1. The van der Waals surface area contributed by atoms with E-state index in [2.05, 4.69) is 22.5 Å². The summed E-state index contributed by atoms with van der Waals surface area (Å²) in [7, 11) is 0. The molecular formula is C46H66N4O8. The predicted molar refractivity (Wildman–Crippen MR) is 228 cm³/mol. The van der Waals surface area contributed by atoms with E-state index in [4.69, 9.17) is 9.47 Å². The number of cyclic esters (lactones) is 1. The lowest BCUT2D eigenvalue weighted by molar-refractivity contribution is -0.147. The second-order valence-electron chi connectivity index (χ2n) is 15.8. The zero-order valence-corrected chi connectivity index (χ0v) is 35.6. The summed E-state index contributed by atoms with van der Waals surface area (Å²) < 4.78 is 11.1. The highest BCUT2D eigenvalue weighted by molar-refractivity contribution is 5.95. The Labute approximate surface area is 345 Å². The topological polar surface area (TPSA) is 160 Å². The minimum atomic E-state index is -0.723. The predicted octanol–water partition coefficient (Wildman–Crippen LogP) is 7.42. The normalized spacial score (nSPS) is 17.9. The molecule has 0 saturated carbocycles. The summed E-state index contributed by atoms with van der Waals surface area (Å²) in [4.78, 5) is 76.0. The van der Waals surface area contributed by atoms with Crippen molar-refractivity contribution in [3.63, 3.8) is 0 Å². The standard InChI is InChI=1S/C46H66N4O8/c1-9-10-20-37(57-45(56)48-30-18-29-47-40(52)23-12-11-17-31-50-36(5)26-28-42(50)54)21-14-15-22-38(51)43(46(6,7)8)49-41(53)24-16-13-19-33(2)32-35(4)39-27-25-34(3)44(55)58-39/h9-10,13-16,19,24-26,28,32,35,37,39,43H,5,11-12,17-18,20-23,27,29-31H2,1-4,6-8H3,(H,47,52)(H,48,56)(H,49,53)/b10-9-,15-14-,19-13-,24-16-,33-32+/t35-,37-,39-,43+/m0/s1. The van der Waals surface area contributed by atoms with Crippen molar-refractivity contribution < 1.29 is 38.2 Å². The number of ketones is 1. The second kappa shape index (κ2) is 25.9. The fourth-order valence-electron chi connectivity index (χ4n) is 6.18. The molecule has 0 aromatic carbocycles. The number of rotatable bonds is 24. The first-order chi connectivity index (χ1) is 27.5. The first-order valence-electron chi connectivity index (χ1n) is 20.4. The van der Waals surface area contributed by atoms with E-state index in [9.17, 15) is 28.8 Å². The highest BCUT2D eigenvalue weighted by Crippen LogP contribution is 2.23. The van der Waals surface area contributed by atoms with Crippen LogP contribution in [0.2, 0.25) is 0 Å². The van der Waals surface area contributed by atoms with Gasteiger partial charge in [0.25, 0.3) is 5.91 Å². The number of ether oxygens (including phenoxy) is 2. The van der Waals surface area contributed by atoms with Gasteiger partial charge >= 0.3 is 12.1 Å². The Bertz CT molecular complexity index is 1640. The average Bonchev–Trinajstić information content (AvgIpc) is 3.48. The number of carbonyl (C=O) groups is 6. The van der Waals surface area contributed by atoms with Gasteiger partial charge in [0, 0.05) is 81.1 Å². The lowest BCUT2D eigenvalue weighted by Gasteiger charge is -2.29. The van der Waals surface area contributed by atoms with Crippen LogP contribution in [-0.4, -0.2) is 78.4 Å². The first kappa shape index (κ1) is 48.9. The van der Waals surface area contributed by atoms with E-state index in [1.807, 2.05) is 78.0 Å². The van der Waals surface area contributed by atoms with E-state index in [0.29, 0.717) is 63.0 Å². The van der Waals surface area contributed by atoms with Crippen LogP contribution < -0.4 is 16.0 Å². The van der Waals surface area contributed by atoms with E-state index in [-0.39, 0.29) is 47.9 Å². The van der Waals surface area contributed by atoms with Gasteiger partial charge in [-0.05, 0) is 51.5 Å². The van der Waals surface area contributed by atoms with Gasteiger partial charge in [0.2, 0.25) is 11.8 Å². The van der Waals surface area contributed by atoms with Gasteiger partial charge in [-0.3, -0.25) is 19.2 Å². The van der Waals surface area contributed by atoms with Crippen LogP contribution in [0, 0.1) is 11.3 Å². The summed E-state index contributed by atoms with van der Waals surface area (Å²) in [5.41, 5.74) is 1.76. The molecule has 0 saturated heterocycles. The van der Waals surface area contributed by atoms with Crippen molar-refractivity contribution in [2.75, 3.05) is 19.6 Å². The van der Waals surface area contributed by atoms with E-state index < -0.39 is 23.7 Å². The van der Waals surface area contributed by atoms with Gasteiger partial charge in [-0.15, -0.1) is 0 Å². The Balaban J connectivity index is 1.72. The van der Waals surface area contributed by atoms with Gasteiger partial charge in [0.1, 0.15) is 12.2 Å². The molecule has 12 nitrogen and oxygen atoms in total. The van der Waals surface area contributed by atoms with Crippen molar-refractivity contribution in [3.05, 3.63) is 96.3 Å². The molecule has 0 aromatic heterocycles. The van der Waals surface area contributed by atoms with Gasteiger partial charge in [0.05, 0.1) is 6.04 Å². The molecule has 3 N–H and O–H groups in total. The largest absolute Gasteiger partial charge is 0.458 e. The maximum atomic E-state index is 13.3. The van der Waals surface area contributed by atoms with Crippen LogP contribution >= 0.6 is 0 Å². The summed E-state index contributed by atoms with van der Waals surface area (Å²) in [5.74, 6) is -0.880. The van der Waals surface area contributed by atoms with E-state index >= 15 is 0 Å². The smallest absolute Gasteiger partial charge is 0.407 e. The van der Waals surface area contributed by atoms with Gasteiger partial charge in [-0.2, -0.15) is 0 Å².